The molecule has 1 unspecified atom stereocenters. The van der Waals surface area contributed by atoms with Gasteiger partial charge in [0.15, 0.2) is 0 Å². The number of nitrogens with one attached hydrogen (secondary N) is 1. The van der Waals surface area contributed by atoms with Crippen LogP contribution in [0.2, 0.25) is 0 Å². The summed E-state index contributed by atoms with van der Waals surface area (Å²) in [7, 11) is 0. The maximum atomic E-state index is 3.62. The van der Waals surface area contributed by atoms with Crippen LogP contribution in [0.5, 0.6) is 0 Å². The Kier molecular flexibility index (Phi) is 4.25. The summed E-state index contributed by atoms with van der Waals surface area (Å²) in [5, 5.41) is 3.62. The normalized spacial score (nSPS) is 28.9. The Hall–Kier alpha value is -0.380. The first kappa shape index (κ1) is 13.6. The van der Waals surface area contributed by atoms with E-state index in [1.807, 2.05) is 11.3 Å². The summed E-state index contributed by atoms with van der Waals surface area (Å²) >= 11 is 2.00. The van der Waals surface area contributed by atoms with Crippen molar-refractivity contribution in [2.45, 2.75) is 45.6 Å². The van der Waals surface area contributed by atoms with Crippen LogP contribution in [-0.2, 0) is 13.0 Å². The summed E-state index contributed by atoms with van der Waals surface area (Å²) in [6, 6.07) is 4.64. The molecule has 0 amide bonds. The molecule has 3 heteroatoms. The maximum absolute atomic E-state index is 3.62. The molecule has 19 heavy (non-hydrogen) atoms. The standard InChI is InChI=1S/C16H26N2S/c1-2-14-5-6-15(19-14)11-18-10-4-8-16(13-18)7-3-9-17-12-16/h5-6,17H,2-4,7-13H2,1H3. The third-order valence-corrected chi connectivity index (χ3v) is 5.96. The average Bonchev–Trinajstić information content (AvgIpc) is 2.87. The molecule has 2 saturated heterocycles. The first-order chi connectivity index (χ1) is 9.30. The van der Waals surface area contributed by atoms with Crippen molar-refractivity contribution in [1.29, 1.82) is 0 Å². The number of hydrogen-bond donors (Lipinski definition) is 1. The number of likely N-dealkylation sites (tertiary alicyclic amines) is 1. The van der Waals surface area contributed by atoms with E-state index in [2.05, 4.69) is 29.3 Å². The van der Waals surface area contributed by atoms with Crippen LogP contribution in [0.15, 0.2) is 12.1 Å². The number of nitrogens with zero attached hydrogens (tertiary/aromatic N) is 1. The van der Waals surface area contributed by atoms with Gasteiger partial charge in [0.2, 0.25) is 0 Å². The van der Waals surface area contributed by atoms with Crippen LogP contribution < -0.4 is 5.32 Å². The van der Waals surface area contributed by atoms with Gasteiger partial charge in [-0.05, 0) is 62.7 Å². The quantitative estimate of drug-likeness (QED) is 0.913. The predicted molar refractivity (Wildman–Crippen MR) is 82.7 cm³/mol. The van der Waals surface area contributed by atoms with E-state index in [9.17, 15) is 0 Å². The van der Waals surface area contributed by atoms with Crippen LogP contribution in [0, 0.1) is 5.41 Å². The Balaban J connectivity index is 1.61. The molecule has 3 rings (SSSR count). The van der Waals surface area contributed by atoms with Gasteiger partial charge in [0, 0.05) is 29.4 Å². The van der Waals surface area contributed by atoms with E-state index in [0.29, 0.717) is 5.41 Å². The lowest BCUT2D eigenvalue weighted by atomic mass is 9.74. The Morgan fingerprint density at radius 1 is 1.26 bits per heavy atom. The second-order valence-corrected chi connectivity index (χ2v) is 7.57. The zero-order chi connectivity index (χ0) is 13.1. The Bertz CT molecular complexity index is 401. The van der Waals surface area contributed by atoms with E-state index in [4.69, 9.17) is 0 Å². The molecule has 2 fully saturated rings. The van der Waals surface area contributed by atoms with Gasteiger partial charge in [0.05, 0.1) is 0 Å². The summed E-state index contributed by atoms with van der Waals surface area (Å²) in [6.45, 7) is 8.49. The van der Waals surface area contributed by atoms with Crippen LogP contribution in [0.25, 0.3) is 0 Å². The van der Waals surface area contributed by atoms with E-state index in [1.54, 1.807) is 4.88 Å². The summed E-state index contributed by atoms with van der Waals surface area (Å²) < 4.78 is 0. The fraction of sp³-hybridized carbons (Fsp3) is 0.750. The van der Waals surface area contributed by atoms with Gasteiger partial charge in [0.25, 0.3) is 0 Å². The van der Waals surface area contributed by atoms with Crippen molar-refractivity contribution in [3.05, 3.63) is 21.9 Å². The third kappa shape index (κ3) is 3.21. The summed E-state index contributed by atoms with van der Waals surface area (Å²) in [5.74, 6) is 0. The highest BCUT2D eigenvalue weighted by atomic mass is 32.1. The van der Waals surface area contributed by atoms with Gasteiger partial charge in [0.1, 0.15) is 0 Å². The van der Waals surface area contributed by atoms with Crippen molar-refractivity contribution in [2.24, 2.45) is 5.41 Å². The highest BCUT2D eigenvalue weighted by molar-refractivity contribution is 7.11. The van der Waals surface area contributed by atoms with Crippen LogP contribution in [0.1, 0.15) is 42.4 Å². The highest BCUT2D eigenvalue weighted by Gasteiger charge is 2.36. The largest absolute Gasteiger partial charge is 0.316 e. The van der Waals surface area contributed by atoms with Crippen molar-refractivity contribution in [3.8, 4) is 0 Å². The molecule has 0 aromatic carbocycles. The topological polar surface area (TPSA) is 15.3 Å². The van der Waals surface area contributed by atoms with Crippen LogP contribution in [0.3, 0.4) is 0 Å². The van der Waals surface area contributed by atoms with E-state index in [-0.39, 0.29) is 0 Å². The third-order valence-electron chi connectivity index (χ3n) is 4.75. The molecule has 0 saturated carbocycles. The second kappa shape index (κ2) is 5.94. The molecule has 3 heterocycles. The van der Waals surface area contributed by atoms with Gasteiger partial charge in [-0.2, -0.15) is 0 Å². The molecule has 0 bridgehead atoms. The molecule has 1 aromatic rings. The first-order valence-electron chi connectivity index (χ1n) is 7.80. The van der Waals surface area contributed by atoms with Gasteiger partial charge in [-0.3, -0.25) is 4.90 Å². The lowest BCUT2D eigenvalue weighted by molar-refractivity contribution is 0.0607. The van der Waals surface area contributed by atoms with E-state index in [1.165, 1.54) is 69.7 Å². The zero-order valence-electron chi connectivity index (χ0n) is 12.1. The van der Waals surface area contributed by atoms with Crippen LogP contribution >= 0.6 is 11.3 Å². The predicted octanol–water partition coefficient (Wildman–Crippen LogP) is 3.28. The van der Waals surface area contributed by atoms with Crippen LogP contribution in [-0.4, -0.2) is 31.1 Å². The van der Waals surface area contributed by atoms with Gasteiger partial charge >= 0.3 is 0 Å². The summed E-state index contributed by atoms with van der Waals surface area (Å²) in [5.41, 5.74) is 0.585. The molecule has 1 spiro atoms. The first-order valence-corrected chi connectivity index (χ1v) is 8.62. The molecule has 0 radical (unpaired) electrons. The van der Waals surface area contributed by atoms with Gasteiger partial charge in [-0.1, -0.05) is 6.92 Å². The van der Waals surface area contributed by atoms with Gasteiger partial charge in [-0.25, -0.2) is 0 Å². The number of piperidine rings is 2. The van der Waals surface area contributed by atoms with Crippen molar-refractivity contribution in [3.63, 3.8) is 0 Å². The second-order valence-electron chi connectivity index (χ2n) is 6.32. The monoisotopic (exact) mass is 278 g/mol. The van der Waals surface area contributed by atoms with Gasteiger partial charge in [-0.15, -0.1) is 11.3 Å². The van der Waals surface area contributed by atoms with E-state index < -0.39 is 0 Å². The molecular formula is C16H26N2S. The minimum Gasteiger partial charge on any atom is -0.316 e. The Labute approximate surface area is 121 Å². The van der Waals surface area contributed by atoms with E-state index in [0.717, 1.165) is 0 Å². The van der Waals surface area contributed by atoms with Gasteiger partial charge < -0.3 is 5.32 Å². The SMILES string of the molecule is CCc1ccc(CN2CCCC3(CCCNC3)C2)s1. The number of thiophene rings is 1. The lowest BCUT2D eigenvalue weighted by Gasteiger charge is -2.45. The van der Waals surface area contributed by atoms with Crippen LogP contribution in [0.4, 0.5) is 0 Å². The molecule has 1 N–H and O–H groups in total. The zero-order valence-corrected chi connectivity index (χ0v) is 12.9. The van der Waals surface area contributed by atoms with Crippen molar-refractivity contribution < 1.29 is 0 Å². The molecule has 106 valence electrons. The maximum Gasteiger partial charge on any atom is 0.0328 e. The lowest BCUT2D eigenvalue weighted by Crippen LogP contribution is -2.50. The summed E-state index contributed by atoms with van der Waals surface area (Å²) in [4.78, 5) is 5.78. The minimum absolute atomic E-state index is 0.585. The molecule has 2 aliphatic heterocycles. The Morgan fingerprint density at radius 2 is 2.11 bits per heavy atom. The number of hydrogen-bond acceptors (Lipinski definition) is 3. The molecular weight excluding hydrogens is 252 g/mol. The molecule has 1 aromatic heterocycles. The molecule has 1 atom stereocenters. The van der Waals surface area contributed by atoms with Crippen molar-refractivity contribution in [2.75, 3.05) is 26.2 Å². The number of rotatable bonds is 3. The van der Waals surface area contributed by atoms with Crippen molar-refractivity contribution in [1.82, 2.24) is 10.2 Å². The van der Waals surface area contributed by atoms with E-state index >= 15 is 0 Å². The highest BCUT2D eigenvalue weighted by Crippen LogP contribution is 2.36. The molecule has 2 nitrogen and oxygen atoms in total. The molecule has 0 aliphatic carbocycles. The minimum atomic E-state index is 0.585. The average molecular weight is 278 g/mol. The fourth-order valence-corrected chi connectivity index (χ4v) is 4.74. The smallest absolute Gasteiger partial charge is 0.0328 e. The molecule has 2 aliphatic rings. The summed E-state index contributed by atoms with van der Waals surface area (Å²) in [6.07, 6.45) is 6.79. The Morgan fingerprint density at radius 3 is 2.84 bits per heavy atom. The van der Waals surface area contributed by atoms with Crippen molar-refractivity contribution >= 4 is 11.3 Å². The fourth-order valence-electron chi connectivity index (χ4n) is 3.74. The number of aryl methyl sites for hydroxylation is 1.